The second kappa shape index (κ2) is 6.68. The first-order valence-electron chi connectivity index (χ1n) is 7.72. The molecule has 0 spiro atoms. The SMILES string of the molecule is CCNC(CN1CCCC(C)(C)C1)c1ccccc1F. The van der Waals surface area contributed by atoms with E-state index in [9.17, 15) is 4.39 Å². The molecule has 112 valence electrons. The molecule has 1 aliphatic rings. The number of nitrogens with one attached hydrogen (secondary N) is 1. The van der Waals surface area contributed by atoms with Crippen LogP contribution >= 0.6 is 0 Å². The molecule has 0 aliphatic carbocycles. The molecular weight excluding hydrogens is 251 g/mol. The fourth-order valence-electron chi connectivity index (χ4n) is 3.24. The van der Waals surface area contributed by atoms with Gasteiger partial charge in [0.2, 0.25) is 0 Å². The van der Waals surface area contributed by atoms with Crippen molar-refractivity contribution < 1.29 is 4.39 Å². The Morgan fingerprint density at radius 1 is 1.35 bits per heavy atom. The molecule has 1 aromatic rings. The Hall–Kier alpha value is -0.930. The maximum atomic E-state index is 14.0. The number of nitrogens with zero attached hydrogens (tertiary/aromatic N) is 1. The van der Waals surface area contributed by atoms with Gasteiger partial charge in [0, 0.05) is 24.7 Å². The molecule has 1 atom stereocenters. The van der Waals surface area contributed by atoms with E-state index in [2.05, 4.69) is 31.0 Å². The van der Waals surface area contributed by atoms with E-state index in [1.807, 2.05) is 12.1 Å². The number of hydrogen-bond acceptors (Lipinski definition) is 2. The van der Waals surface area contributed by atoms with Gasteiger partial charge in [-0.15, -0.1) is 0 Å². The van der Waals surface area contributed by atoms with Gasteiger partial charge in [-0.1, -0.05) is 39.0 Å². The fraction of sp³-hybridized carbons (Fsp3) is 0.647. The van der Waals surface area contributed by atoms with Crippen molar-refractivity contribution in [2.45, 2.75) is 39.7 Å². The van der Waals surface area contributed by atoms with E-state index >= 15 is 0 Å². The summed E-state index contributed by atoms with van der Waals surface area (Å²) in [6.45, 7) is 10.7. The molecule has 1 N–H and O–H groups in total. The molecule has 0 bridgehead atoms. The molecule has 2 rings (SSSR count). The van der Waals surface area contributed by atoms with Crippen LogP contribution in [0.5, 0.6) is 0 Å². The molecule has 0 saturated carbocycles. The highest BCUT2D eigenvalue weighted by atomic mass is 19.1. The predicted octanol–water partition coefficient (Wildman–Crippen LogP) is 3.60. The third-order valence-electron chi connectivity index (χ3n) is 4.15. The largest absolute Gasteiger partial charge is 0.309 e. The van der Waals surface area contributed by atoms with Crippen LogP contribution < -0.4 is 5.32 Å². The number of likely N-dealkylation sites (N-methyl/N-ethyl adjacent to an activating group) is 1. The average Bonchev–Trinajstić information content (AvgIpc) is 2.38. The summed E-state index contributed by atoms with van der Waals surface area (Å²) in [5.74, 6) is -0.102. The second-order valence-electron chi connectivity index (χ2n) is 6.63. The Morgan fingerprint density at radius 2 is 2.10 bits per heavy atom. The van der Waals surface area contributed by atoms with E-state index < -0.39 is 0 Å². The van der Waals surface area contributed by atoms with E-state index in [4.69, 9.17) is 0 Å². The van der Waals surface area contributed by atoms with E-state index in [1.165, 1.54) is 12.8 Å². The Balaban J connectivity index is 2.08. The van der Waals surface area contributed by atoms with Crippen LogP contribution in [0.3, 0.4) is 0 Å². The molecule has 1 aromatic carbocycles. The van der Waals surface area contributed by atoms with Gasteiger partial charge >= 0.3 is 0 Å². The van der Waals surface area contributed by atoms with Gasteiger partial charge in [-0.25, -0.2) is 4.39 Å². The maximum absolute atomic E-state index is 14.0. The molecular formula is C17H27FN2. The molecule has 0 amide bonds. The van der Waals surface area contributed by atoms with Crippen LogP contribution in [0, 0.1) is 11.2 Å². The number of piperidine rings is 1. The normalized spacial score (nSPS) is 20.8. The molecule has 1 unspecified atom stereocenters. The third kappa shape index (κ3) is 4.03. The second-order valence-corrected chi connectivity index (χ2v) is 6.63. The minimum Gasteiger partial charge on any atom is -0.309 e. The lowest BCUT2D eigenvalue weighted by Crippen LogP contribution is -2.44. The minimum atomic E-state index is -0.102. The zero-order chi connectivity index (χ0) is 14.6. The molecule has 1 fully saturated rings. The van der Waals surface area contributed by atoms with Crippen molar-refractivity contribution in [1.82, 2.24) is 10.2 Å². The zero-order valence-corrected chi connectivity index (χ0v) is 13.0. The van der Waals surface area contributed by atoms with Crippen LogP contribution in [0.2, 0.25) is 0 Å². The standard InChI is InChI=1S/C17H27FN2/c1-4-19-16(14-8-5-6-9-15(14)18)12-20-11-7-10-17(2,3)13-20/h5-6,8-9,16,19H,4,7,10-13H2,1-3H3. The number of hydrogen-bond donors (Lipinski definition) is 1. The predicted molar refractivity (Wildman–Crippen MR) is 82.3 cm³/mol. The molecule has 1 heterocycles. The van der Waals surface area contributed by atoms with Gasteiger partial charge < -0.3 is 10.2 Å². The molecule has 1 saturated heterocycles. The summed E-state index contributed by atoms with van der Waals surface area (Å²) in [6, 6.07) is 7.21. The molecule has 0 radical (unpaired) electrons. The number of benzene rings is 1. The molecule has 0 aromatic heterocycles. The van der Waals surface area contributed by atoms with Crippen LogP contribution in [0.15, 0.2) is 24.3 Å². The van der Waals surface area contributed by atoms with Crippen LogP contribution in [0.25, 0.3) is 0 Å². The third-order valence-corrected chi connectivity index (χ3v) is 4.15. The number of rotatable bonds is 5. The lowest BCUT2D eigenvalue weighted by atomic mass is 9.84. The van der Waals surface area contributed by atoms with E-state index in [0.717, 1.165) is 31.7 Å². The maximum Gasteiger partial charge on any atom is 0.128 e. The van der Waals surface area contributed by atoms with Gasteiger partial charge in [0.05, 0.1) is 0 Å². The van der Waals surface area contributed by atoms with Crippen molar-refractivity contribution >= 4 is 0 Å². The van der Waals surface area contributed by atoms with Gasteiger partial charge in [-0.2, -0.15) is 0 Å². The highest BCUT2D eigenvalue weighted by Crippen LogP contribution is 2.29. The summed E-state index contributed by atoms with van der Waals surface area (Å²) in [5.41, 5.74) is 1.17. The van der Waals surface area contributed by atoms with Crippen molar-refractivity contribution in [3.05, 3.63) is 35.6 Å². The fourth-order valence-corrected chi connectivity index (χ4v) is 3.24. The summed E-state index contributed by atoms with van der Waals surface area (Å²) >= 11 is 0. The quantitative estimate of drug-likeness (QED) is 0.885. The Labute approximate surface area is 122 Å². The minimum absolute atomic E-state index is 0.0788. The van der Waals surface area contributed by atoms with Gasteiger partial charge in [-0.05, 0) is 37.4 Å². The van der Waals surface area contributed by atoms with E-state index in [0.29, 0.717) is 5.41 Å². The summed E-state index contributed by atoms with van der Waals surface area (Å²) in [7, 11) is 0. The highest BCUT2D eigenvalue weighted by molar-refractivity contribution is 5.21. The van der Waals surface area contributed by atoms with Crippen molar-refractivity contribution in [3.8, 4) is 0 Å². The Morgan fingerprint density at radius 3 is 2.75 bits per heavy atom. The van der Waals surface area contributed by atoms with Crippen molar-refractivity contribution in [1.29, 1.82) is 0 Å². The molecule has 3 heteroatoms. The van der Waals surface area contributed by atoms with Crippen LogP contribution in [0.4, 0.5) is 4.39 Å². The lowest BCUT2D eigenvalue weighted by Gasteiger charge is -2.39. The van der Waals surface area contributed by atoms with E-state index in [1.54, 1.807) is 12.1 Å². The first-order valence-corrected chi connectivity index (χ1v) is 7.72. The number of halogens is 1. The van der Waals surface area contributed by atoms with Gasteiger partial charge in [0.25, 0.3) is 0 Å². The summed E-state index contributed by atoms with van der Waals surface area (Å²) in [4.78, 5) is 2.48. The Bertz CT molecular complexity index is 431. The van der Waals surface area contributed by atoms with Crippen LogP contribution in [-0.2, 0) is 0 Å². The smallest absolute Gasteiger partial charge is 0.128 e. The monoisotopic (exact) mass is 278 g/mol. The summed E-state index contributed by atoms with van der Waals surface area (Å²) in [5, 5.41) is 3.43. The average molecular weight is 278 g/mol. The molecule has 2 nitrogen and oxygen atoms in total. The van der Waals surface area contributed by atoms with Crippen molar-refractivity contribution in [2.24, 2.45) is 5.41 Å². The van der Waals surface area contributed by atoms with Crippen molar-refractivity contribution in [3.63, 3.8) is 0 Å². The first-order chi connectivity index (χ1) is 9.52. The highest BCUT2D eigenvalue weighted by Gasteiger charge is 2.28. The van der Waals surface area contributed by atoms with Gasteiger partial charge in [0.1, 0.15) is 5.82 Å². The zero-order valence-electron chi connectivity index (χ0n) is 13.0. The van der Waals surface area contributed by atoms with E-state index in [-0.39, 0.29) is 11.9 Å². The number of likely N-dealkylation sites (tertiary alicyclic amines) is 1. The lowest BCUT2D eigenvalue weighted by molar-refractivity contribution is 0.107. The van der Waals surface area contributed by atoms with Crippen LogP contribution in [0.1, 0.15) is 45.2 Å². The van der Waals surface area contributed by atoms with Gasteiger partial charge in [-0.3, -0.25) is 0 Å². The molecule has 20 heavy (non-hydrogen) atoms. The molecule has 1 aliphatic heterocycles. The van der Waals surface area contributed by atoms with Crippen molar-refractivity contribution in [2.75, 3.05) is 26.2 Å². The Kier molecular flexibility index (Phi) is 5.17. The first kappa shape index (κ1) is 15.5. The van der Waals surface area contributed by atoms with Gasteiger partial charge in [0.15, 0.2) is 0 Å². The topological polar surface area (TPSA) is 15.3 Å². The van der Waals surface area contributed by atoms with Crippen LogP contribution in [-0.4, -0.2) is 31.1 Å². The summed E-state index contributed by atoms with van der Waals surface area (Å²) in [6.07, 6.45) is 2.53. The summed E-state index contributed by atoms with van der Waals surface area (Å²) < 4.78 is 14.0.